The number of piperidine rings is 1. The van der Waals surface area contributed by atoms with Crippen LogP contribution < -0.4 is 5.32 Å². The van der Waals surface area contributed by atoms with Gasteiger partial charge in [0.05, 0.1) is 6.20 Å². The van der Waals surface area contributed by atoms with E-state index in [0.29, 0.717) is 18.2 Å². The van der Waals surface area contributed by atoms with Crippen LogP contribution >= 0.6 is 11.3 Å². The zero-order chi connectivity index (χ0) is 14.7. The summed E-state index contributed by atoms with van der Waals surface area (Å²) in [5.74, 6) is -0.0338. The normalized spacial score (nSPS) is 16.0. The second kappa shape index (κ2) is 6.17. The molecule has 0 spiro atoms. The molecule has 110 valence electrons. The van der Waals surface area contributed by atoms with Crippen LogP contribution in [0.4, 0.5) is 14.3 Å². The summed E-state index contributed by atoms with van der Waals surface area (Å²) in [6, 6.07) is 3.05. The second-order valence-electron chi connectivity index (χ2n) is 4.93. The summed E-state index contributed by atoms with van der Waals surface area (Å²) in [6.07, 6.45) is 4.58. The smallest absolute Gasteiger partial charge is 0.323 e. The third-order valence-corrected chi connectivity index (χ3v) is 4.29. The first-order chi connectivity index (χ1) is 10.2. The number of thiazole rings is 1. The van der Waals surface area contributed by atoms with Gasteiger partial charge in [0, 0.05) is 36.3 Å². The van der Waals surface area contributed by atoms with E-state index in [1.807, 2.05) is 5.38 Å². The Bertz CT molecular complexity index is 594. The van der Waals surface area contributed by atoms with Crippen molar-refractivity contribution in [1.82, 2.24) is 14.9 Å². The maximum absolute atomic E-state index is 12.9. The summed E-state index contributed by atoms with van der Waals surface area (Å²) in [5.41, 5.74) is 0.899. The summed E-state index contributed by atoms with van der Waals surface area (Å²) < 4.78 is 12.9. The predicted molar refractivity (Wildman–Crippen MR) is 78.9 cm³/mol. The van der Waals surface area contributed by atoms with Gasteiger partial charge < -0.3 is 4.90 Å². The van der Waals surface area contributed by atoms with Crippen molar-refractivity contribution < 1.29 is 9.18 Å². The lowest BCUT2D eigenvalue weighted by atomic mass is 9.93. The van der Waals surface area contributed by atoms with Crippen LogP contribution in [0.1, 0.15) is 24.5 Å². The molecule has 2 aromatic heterocycles. The van der Waals surface area contributed by atoms with E-state index in [-0.39, 0.29) is 17.8 Å². The van der Waals surface area contributed by atoms with E-state index in [2.05, 4.69) is 15.3 Å². The molecule has 0 aliphatic carbocycles. The molecule has 2 amide bonds. The Labute approximate surface area is 125 Å². The minimum absolute atomic E-state index is 0.115. The van der Waals surface area contributed by atoms with Crippen LogP contribution in [0.2, 0.25) is 0 Å². The Hall–Kier alpha value is -2.02. The van der Waals surface area contributed by atoms with Crippen molar-refractivity contribution in [2.45, 2.75) is 18.8 Å². The van der Waals surface area contributed by atoms with E-state index in [4.69, 9.17) is 0 Å². The highest BCUT2D eigenvalue weighted by molar-refractivity contribution is 7.13. The van der Waals surface area contributed by atoms with Crippen molar-refractivity contribution >= 4 is 22.5 Å². The summed E-state index contributed by atoms with van der Waals surface area (Å²) in [5, 5.41) is 5.22. The molecule has 3 heterocycles. The number of nitrogens with one attached hydrogen (secondary N) is 1. The summed E-state index contributed by atoms with van der Waals surface area (Å²) in [4.78, 5) is 22.0. The summed E-state index contributed by atoms with van der Waals surface area (Å²) in [6.45, 7) is 1.34. The van der Waals surface area contributed by atoms with E-state index >= 15 is 0 Å². The Morgan fingerprint density at radius 2 is 2.14 bits per heavy atom. The fourth-order valence-electron chi connectivity index (χ4n) is 2.46. The Kier molecular flexibility index (Phi) is 4.10. The third kappa shape index (κ3) is 3.36. The number of aromatic nitrogens is 2. The third-order valence-electron chi connectivity index (χ3n) is 3.60. The maximum Gasteiger partial charge on any atom is 0.323 e. The highest BCUT2D eigenvalue weighted by Crippen LogP contribution is 2.27. The van der Waals surface area contributed by atoms with Gasteiger partial charge in [0.1, 0.15) is 5.82 Å². The molecule has 2 aromatic rings. The molecule has 0 saturated carbocycles. The first-order valence-electron chi connectivity index (χ1n) is 6.79. The molecular formula is C14H15FN4OS. The number of carbonyl (C=O) groups is 1. The number of amides is 2. The quantitative estimate of drug-likeness (QED) is 0.927. The van der Waals surface area contributed by atoms with Crippen LogP contribution in [0, 0.1) is 5.82 Å². The van der Waals surface area contributed by atoms with Crippen LogP contribution in [-0.2, 0) is 0 Å². The number of hydrogen-bond donors (Lipinski definition) is 1. The van der Waals surface area contributed by atoms with Gasteiger partial charge in [-0.1, -0.05) is 0 Å². The van der Waals surface area contributed by atoms with Crippen LogP contribution in [0.5, 0.6) is 0 Å². The molecule has 1 N–H and O–H groups in total. The highest BCUT2D eigenvalue weighted by atomic mass is 32.1. The molecule has 0 atom stereocenters. The number of hydrogen-bond acceptors (Lipinski definition) is 4. The number of anilines is 1. The number of urea groups is 1. The minimum Gasteiger partial charge on any atom is -0.324 e. The minimum atomic E-state index is -0.320. The van der Waals surface area contributed by atoms with Crippen LogP contribution in [0.3, 0.4) is 0 Å². The zero-order valence-corrected chi connectivity index (χ0v) is 12.1. The molecule has 7 heteroatoms. The number of rotatable bonds is 2. The van der Waals surface area contributed by atoms with Gasteiger partial charge in [-0.15, -0.1) is 11.3 Å². The predicted octanol–water partition coefficient (Wildman–Crippen LogP) is 3.09. The molecule has 3 rings (SSSR count). The zero-order valence-electron chi connectivity index (χ0n) is 11.3. The number of halogens is 1. The van der Waals surface area contributed by atoms with E-state index in [9.17, 15) is 9.18 Å². The average Bonchev–Trinajstić information content (AvgIpc) is 3.01. The van der Waals surface area contributed by atoms with Gasteiger partial charge in [0.25, 0.3) is 0 Å². The van der Waals surface area contributed by atoms with Crippen molar-refractivity contribution in [2.24, 2.45) is 0 Å². The van der Waals surface area contributed by atoms with Crippen molar-refractivity contribution in [1.29, 1.82) is 0 Å². The molecule has 0 radical (unpaired) electrons. The number of likely N-dealkylation sites (tertiary alicyclic amines) is 1. The van der Waals surface area contributed by atoms with E-state index in [1.54, 1.807) is 17.2 Å². The fraction of sp³-hybridized carbons (Fsp3) is 0.357. The van der Waals surface area contributed by atoms with Crippen molar-refractivity contribution in [3.8, 4) is 0 Å². The summed E-state index contributed by atoms with van der Waals surface area (Å²) in [7, 11) is 0. The topological polar surface area (TPSA) is 58.1 Å². The van der Waals surface area contributed by atoms with Crippen LogP contribution in [-0.4, -0.2) is 34.0 Å². The van der Waals surface area contributed by atoms with Gasteiger partial charge in [0.15, 0.2) is 5.13 Å². The lowest BCUT2D eigenvalue weighted by Gasteiger charge is -2.31. The van der Waals surface area contributed by atoms with Gasteiger partial charge in [0.2, 0.25) is 0 Å². The fourth-order valence-corrected chi connectivity index (χ4v) is 2.98. The standard InChI is InChI=1S/C14H15FN4OS/c15-11-1-2-12(17-9-11)10-3-6-19(7-4-10)14(20)18-13-16-5-8-21-13/h1-2,5,8-10H,3-4,6-7H2,(H,16,18,20). The molecule has 1 aliphatic heterocycles. The summed E-state index contributed by atoms with van der Waals surface area (Å²) >= 11 is 1.40. The van der Waals surface area contributed by atoms with Gasteiger partial charge >= 0.3 is 6.03 Å². The molecule has 0 unspecified atom stereocenters. The van der Waals surface area contributed by atoms with Crippen LogP contribution in [0.25, 0.3) is 0 Å². The van der Waals surface area contributed by atoms with E-state index in [1.165, 1.54) is 23.6 Å². The Morgan fingerprint density at radius 3 is 2.76 bits per heavy atom. The van der Waals surface area contributed by atoms with Crippen molar-refractivity contribution in [3.63, 3.8) is 0 Å². The SMILES string of the molecule is O=C(Nc1nccs1)N1CCC(c2ccc(F)cn2)CC1. The van der Waals surface area contributed by atoms with E-state index < -0.39 is 0 Å². The Balaban J connectivity index is 1.55. The van der Waals surface area contributed by atoms with Gasteiger partial charge in [-0.25, -0.2) is 14.2 Å². The molecule has 1 fully saturated rings. The van der Waals surface area contributed by atoms with E-state index in [0.717, 1.165) is 18.5 Å². The van der Waals surface area contributed by atoms with Gasteiger partial charge in [-0.3, -0.25) is 10.3 Å². The lowest BCUT2D eigenvalue weighted by Crippen LogP contribution is -2.40. The molecule has 5 nitrogen and oxygen atoms in total. The molecule has 21 heavy (non-hydrogen) atoms. The first kappa shape index (κ1) is 13.9. The Morgan fingerprint density at radius 1 is 1.33 bits per heavy atom. The van der Waals surface area contributed by atoms with Crippen molar-refractivity contribution in [2.75, 3.05) is 18.4 Å². The average molecular weight is 306 g/mol. The van der Waals surface area contributed by atoms with Gasteiger partial charge in [-0.05, 0) is 25.0 Å². The largest absolute Gasteiger partial charge is 0.324 e. The number of carbonyl (C=O) groups excluding carboxylic acids is 1. The molecular weight excluding hydrogens is 291 g/mol. The van der Waals surface area contributed by atoms with Crippen molar-refractivity contribution in [3.05, 3.63) is 41.4 Å². The number of pyridine rings is 1. The molecule has 1 saturated heterocycles. The van der Waals surface area contributed by atoms with Gasteiger partial charge in [-0.2, -0.15) is 0 Å². The molecule has 0 aromatic carbocycles. The van der Waals surface area contributed by atoms with Crippen LogP contribution in [0.15, 0.2) is 29.9 Å². The number of nitrogens with zero attached hydrogens (tertiary/aromatic N) is 3. The molecule has 0 bridgehead atoms. The lowest BCUT2D eigenvalue weighted by molar-refractivity contribution is 0.194. The molecule has 1 aliphatic rings. The monoisotopic (exact) mass is 306 g/mol. The maximum atomic E-state index is 12.9. The highest BCUT2D eigenvalue weighted by Gasteiger charge is 2.24. The first-order valence-corrected chi connectivity index (χ1v) is 7.67. The second-order valence-corrected chi connectivity index (χ2v) is 5.82.